The molecule has 2 nitrogen and oxygen atoms in total. The first-order valence-corrected chi connectivity index (χ1v) is 6.53. The summed E-state index contributed by atoms with van der Waals surface area (Å²) in [4.78, 5) is 11.6. The molecular weight excluding hydrogens is 291 g/mol. The van der Waals surface area contributed by atoms with Crippen molar-refractivity contribution in [3.63, 3.8) is 0 Å². The Balaban J connectivity index is 2.85. The zero-order valence-electron chi connectivity index (χ0n) is 9.13. The Labute approximate surface area is 109 Å². The van der Waals surface area contributed by atoms with Crippen molar-refractivity contribution in [2.45, 2.75) is 19.8 Å². The fourth-order valence-corrected chi connectivity index (χ4v) is 1.91. The van der Waals surface area contributed by atoms with Crippen LogP contribution in [0.4, 0.5) is 0 Å². The van der Waals surface area contributed by atoms with Crippen LogP contribution < -0.4 is 0 Å². The smallest absolute Gasteiger partial charge is 0.339 e. The van der Waals surface area contributed by atoms with Crippen LogP contribution in [0.5, 0.6) is 0 Å². The number of hydrogen-bond acceptors (Lipinski definition) is 2. The first-order valence-electron chi connectivity index (χ1n) is 5.20. The summed E-state index contributed by atoms with van der Waals surface area (Å²) in [5.41, 5.74) is 1.68. The number of carbonyl (C=O) groups excluding carboxylic acids is 1. The molecule has 16 heavy (non-hydrogen) atoms. The average molecular weight is 306 g/mol. The van der Waals surface area contributed by atoms with Gasteiger partial charge in [-0.15, -0.1) is 11.6 Å². The first kappa shape index (κ1) is 13.5. The molecule has 0 spiro atoms. The molecule has 1 aromatic carbocycles. The van der Waals surface area contributed by atoms with Gasteiger partial charge in [0, 0.05) is 10.4 Å². The second-order valence-electron chi connectivity index (χ2n) is 3.33. The largest absolute Gasteiger partial charge is 0.462 e. The van der Waals surface area contributed by atoms with Crippen molar-refractivity contribution in [2.24, 2.45) is 0 Å². The lowest BCUT2D eigenvalue weighted by Crippen LogP contribution is -2.06. The van der Waals surface area contributed by atoms with Crippen LogP contribution in [-0.4, -0.2) is 18.5 Å². The molecular formula is C12H14BrClO2. The number of halogens is 2. The summed E-state index contributed by atoms with van der Waals surface area (Å²) >= 11 is 8.98. The average Bonchev–Trinajstić information content (AvgIpc) is 2.28. The molecule has 0 N–H and O–H groups in total. The Morgan fingerprint density at radius 2 is 2.25 bits per heavy atom. The summed E-state index contributed by atoms with van der Waals surface area (Å²) in [6.45, 7) is 2.18. The van der Waals surface area contributed by atoms with Gasteiger partial charge >= 0.3 is 5.97 Å². The Kier molecular flexibility index (Phi) is 5.85. The fraction of sp³-hybridized carbons (Fsp3) is 0.417. The zero-order chi connectivity index (χ0) is 12.0. The summed E-state index contributed by atoms with van der Waals surface area (Å²) in [6.07, 6.45) is 1.79. The Morgan fingerprint density at radius 1 is 1.50 bits per heavy atom. The molecule has 0 atom stereocenters. The van der Waals surface area contributed by atoms with Gasteiger partial charge in [-0.2, -0.15) is 0 Å². The minimum atomic E-state index is -0.290. The number of rotatable bonds is 5. The number of ether oxygens (including phenoxy) is 1. The number of carbonyl (C=O) groups is 1. The molecule has 1 aromatic rings. The molecule has 0 fully saturated rings. The van der Waals surface area contributed by atoms with E-state index in [1.54, 1.807) is 6.92 Å². The zero-order valence-corrected chi connectivity index (χ0v) is 11.5. The number of alkyl halides is 1. The number of esters is 1. The van der Waals surface area contributed by atoms with Gasteiger partial charge in [-0.25, -0.2) is 4.79 Å². The lowest BCUT2D eigenvalue weighted by atomic mass is 10.1. The third kappa shape index (κ3) is 3.80. The van der Waals surface area contributed by atoms with E-state index in [0.29, 0.717) is 18.1 Å². The molecule has 88 valence electrons. The van der Waals surface area contributed by atoms with Crippen molar-refractivity contribution in [3.05, 3.63) is 33.8 Å². The normalized spacial score (nSPS) is 10.2. The van der Waals surface area contributed by atoms with Crippen LogP contribution in [0.2, 0.25) is 0 Å². The van der Waals surface area contributed by atoms with E-state index in [9.17, 15) is 4.79 Å². The van der Waals surface area contributed by atoms with Gasteiger partial charge in [0.05, 0.1) is 12.2 Å². The molecule has 0 bridgehead atoms. The van der Waals surface area contributed by atoms with Crippen molar-refractivity contribution in [2.75, 3.05) is 12.5 Å². The highest BCUT2D eigenvalue weighted by atomic mass is 79.9. The predicted molar refractivity (Wildman–Crippen MR) is 69.1 cm³/mol. The Morgan fingerprint density at radius 3 is 2.88 bits per heavy atom. The van der Waals surface area contributed by atoms with Crippen LogP contribution >= 0.6 is 27.5 Å². The second-order valence-corrected chi connectivity index (χ2v) is 4.56. The predicted octanol–water partition coefficient (Wildman–Crippen LogP) is 3.80. The van der Waals surface area contributed by atoms with Crippen LogP contribution in [0.1, 0.15) is 29.3 Å². The van der Waals surface area contributed by atoms with E-state index in [1.165, 1.54) is 0 Å². The summed E-state index contributed by atoms with van der Waals surface area (Å²) in [5.74, 6) is 0.340. The quantitative estimate of drug-likeness (QED) is 0.611. The highest BCUT2D eigenvalue weighted by Crippen LogP contribution is 2.20. The number of hydrogen-bond donors (Lipinski definition) is 0. The summed E-state index contributed by atoms with van der Waals surface area (Å²) in [5, 5.41) is 0. The monoisotopic (exact) mass is 304 g/mol. The Hall–Kier alpha value is -0.540. The van der Waals surface area contributed by atoms with Crippen molar-refractivity contribution in [1.29, 1.82) is 0 Å². The van der Waals surface area contributed by atoms with Gasteiger partial charge in [-0.1, -0.05) is 6.07 Å². The SMILES string of the molecule is CCOC(=O)c1cc(CCCCl)ccc1Br. The van der Waals surface area contributed by atoms with Gasteiger partial charge in [-0.05, 0) is 53.4 Å². The van der Waals surface area contributed by atoms with Gasteiger partial charge in [0.2, 0.25) is 0 Å². The topological polar surface area (TPSA) is 26.3 Å². The molecule has 0 aliphatic heterocycles. The molecule has 1 rings (SSSR count). The molecule has 0 heterocycles. The standard InChI is InChI=1S/C12H14BrClO2/c1-2-16-12(15)10-8-9(4-3-7-14)5-6-11(10)13/h5-6,8H,2-4,7H2,1H3. The van der Waals surface area contributed by atoms with Gasteiger partial charge in [0.25, 0.3) is 0 Å². The Bertz CT molecular complexity index is 366. The summed E-state index contributed by atoms with van der Waals surface area (Å²) < 4.78 is 5.74. The minimum Gasteiger partial charge on any atom is -0.462 e. The van der Waals surface area contributed by atoms with Crippen LogP contribution in [0.25, 0.3) is 0 Å². The molecule has 0 saturated heterocycles. The molecule has 0 aliphatic rings. The van der Waals surface area contributed by atoms with Crippen LogP contribution in [-0.2, 0) is 11.2 Å². The lowest BCUT2D eigenvalue weighted by Gasteiger charge is -2.06. The molecule has 0 aromatic heterocycles. The van der Waals surface area contributed by atoms with E-state index >= 15 is 0 Å². The molecule has 0 radical (unpaired) electrons. The molecule has 0 unspecified atom stereocenters. The van der Waals surface area contributed by atoms with Crippen LogP contribution in [0, 0.1) is 0 Å². The molecule has 0 aliphatic carbocycles. The van der Waals surface area contributed by atoms with Crippen LogP contribution in [0.3, 0.4) is 0 Å². The molecule has 0 amide bonds. The fourth-order valence-electron chi connectivity index (χ4n) is 1.36. The summed E-state index contributed by atoms with van der Waals surface area (Å²) in [6, 6.07) is 5.71. The van der Waals surface area contributed by atoms with Crippen LogP contribution in [0.15, 0.2) is 22.7 Å². The number of aryl methyl sites for hydroxylation is 1. The minimum absolute atomic E-state index is 0.290. The molecule has 4 heteroatoms. The van der Waals surface area contributed by atoms with E-state index < -0.39 is 0 Å². The maximum atomic E-state index is 11.6. The third-order valence-electron chi connectivity index (χ3n) is 2.13. The van der Waals surface area contributed by atoms with E-state index in [-0.39, 0.29) is 5.97 Å². The van der Waals surface area contributed by atoms with Crippen molar-refractivity contribution in [1.82, 2.24) is 0 Å². The van der Waals surface area contributed by atoms with E-state index in [0.717, 1.165) is 22.9 Å². The summed E-state index contributed by atoms with van der Waals surface area (Å²) in [7, 11) is 0. The van der Waals surface area contributed by atoms with Gasteiger partial charge < -0.3 is 4.74 Å². The van der Waals surface area contributed by atoms with E-state index in [1.807, 2.05) is 18.2 Å². The van der Waals surface area contributed by atoms with Crippen molar-refractivity contribution in [3.8, 4) is 0 Å². The maximum absolute atomic E-state index is 11.6. The van der Waals surface area contributed by atoms with Gasteiger partial charge in [0.1, 0.15) is 0 Å². The van der Waals surface area contributed by atoms with Crippen molar-refractivity contribution >= 4 is 33.5 Å². The van der Waals surface area contributed by atoms with Gasteiger partial charge in [-0.3, -0.25) is 0 Å². The highest BCUT2D eigenvalue weighted by molar-refractivity contribution is 9.10. The first-order chi connectivity index (χ1) is 7.69. The lowest BCUT2D eigenvalue weighted by molar-refractivity contribution is 0.0525. The van der Waals surface area contributed by atoms with E-state index in [2.05, 4.69) is 15.9 Å². The second kappa shape index (κ2) is 6.92. The third-order valence-corrected chi connectivity index (χ3v) is 3.08. The van der Waals surface area contributed by atoms with E-state index in [4.69, 9.17) is 16.3 Å². The van der Waals surface area contributed by atoms with Crippen molar-refractivity contribution < 1.29 is 9.53 Å². The molecule has 0 saturated carbocycles. The number of benzene rings is 1. The maximum Gasteiger partial charge on any atom is 0.339 e. The highest BCUT2D eigenvalue weighted by Gasteiger charge is 2.11. The van der Waals surface area contributed by atoms with Gasteiger partial charge in [0.15, 0.2) is 0 Å².